The van der Waals surface area contributed by atoms with Gasteiger partial charge in [0.25, 0.3) is 5.56 Å². The quantitative estimate of drug-likeness (QED) is 0.390. The van der Waals surface area contributed by atoms with Gasteiger partial charge in [0.1, 0.15) is 16.2 Å². The summed E-state index contributed by atoms with van der Waals surface area (Å²) < 4.78 is 12.8. The fourth-order valence-electron chi connectivity index (χ4n) is 2.82. The summed E-state index contributed by atoms with van der Waals surface area (Å²) in [6, 6.07) is 7.01. The van der Waals surface area contributed by atoms with Crippen molar-refractivity contribution < 1.29 is 14.3 Å². The fourth-order valence-corrected chi connectivity index (χ4v) is 4.43. The van der Waals surface area contributed by atoms with Crippen LogP contribution in [0.2, 0.25) is 0 Å². The number of benzene rings is 1. The zero-order valence-electron chi connectivity index (χ0n) is 17.4. The van der Waals surface area contributed by atoms with Crippen molar-refractivity contribution in [1.82, 2.24) is 9.55 Å². The number of rotatable bonds is 9. The second kappa shape index (κ2) is 9.99. The van der Waals surface area contributed by atoms with Gasteiger partial charge in [0.05, 0.1) is 25.5 Å². The molecule has 9 heteroatoms. The third-order valence-electron chi connectivity index (χ3n) is 4.43. The molecule has 0 saturated carbocycles. The summed E-state index contributed by atoms with van der Waals surface area (Å²) in [5, 5.41) is 5.27. The molecular formula is C21H25N3O4S2. The summed E-state index contributed by atoms with van der Waals surface area (Å²) in [7, 11) is 3.11. The molecule has 0 aliphatic heterocycles. The molecule has 30 heavy (non-hydrogen) atoms. The SMILES string of the molecule is COc1cc(NC(=O)CSc2nc3ccsc3c(=O)n2CCC(C)C)cc(OC)c1. The molecule has 3 rings (SSSR count). The number of amides is 1. The van der Waals surface area contributed by atoms with Crippen molar-refractivity contribution in [2.24, 2.45) is 5.92 Å². The van der Waals surface area contributed by atoms with Crippen molar-refractivity contribution >= 4 is 44.9 Å². The van der Waals surface area contributed by atoms with Gasteiger partial charge < -0.3 is 14.8 Å². The van der Waals surface area contributed by atoms with Crippen LogP contribution in [0, 0.1) is 5.92 Å². The third kappa shape index (κ3) is 5.34. The predicted molar refractivity (Wildman–Crippen MR) is 122 cm³/mol. The Labute approximate surface area is 183 Å². The Morgan fingerprint density at radius 2 is 1.93 bits per heavy atom. The molecule has 0 fully saturated rings. The zero-order chi connectivity index (χ0) is 21.7. The maximum atomic E-state index is 12.9. The van der Waals surface area contributed by atoms with E-state index < -0.39 is 0 Å². The number of hydrogen-bond donors (Lipinski definition) is 1. The zero-order valence-corrected chi connectivity index (χ0v) is 19.1. The molecule has 0 aliphatic carbocycles. The van der Waals surface area contributed by atoms with Crippen LogP contribution in [-0.4, -0.2) is 35.4 Å². The molecule has 1 N–H and O–H groups in total. The minimum absolute atomic E-state index is 0.0453. The van der Waals surface area contributed by atoms with Gasteiger partial charge in [-0.2, -0.15) is 0 Å². The topological polar surface area (TPSA) is 82.5 Å². The molecule has 0 unspecified atom stereocenters. The first-order chi connectivity index (χ1) is 14.4. The van der Waals surface area contributed by atoms with Gasteiger partial charge in [-0.15, -0.1) is 11.3 Å². The van der Waals surface area contributed by atoms with E-state index in [0.29, 0.717) is 45.0 Å². The second-order valence-electron chi connectivity index (χ2n) is 7.11. The van der Waals surface area contributed by atoms with Gasteiger partial charge in [0.2, 0.25) is 5.91 Å². The number of hydrogen-bond acceptors (Lipinski definition) is 7. The van der Waals surface area contributed by atoms with Crippen LogP contribution in [0.3, 0.4) is 0 Å². The van der Waals surface area contributed by atoms with E-state index in [9.17, 15) is 9.59 Å². The van der Waals surface area contributed by atoms with Crippen LogP contribution >= 0.6 is 23.1 Å². The molecule has 0 saturated heterocycles. The van der Waals surface area contributed by atoms with Gasteiger partial charge >= 0.3 is 0 Å². The van der Waals surface area contributed by atoms with E-state index in [1.54, 1.807) is 37.0 Å². The standard InChI is InChI=1S/C21H25N3O4S2/c1-13(2)5-7-24-20(26)19-17(6-8-29-19)23-21(24)30-12-18(25)22-14-9-15(27-3)11-16(10-14)28-4/h6,8-11,13H,5,7,12H2,1-4H3,(H,22,25). The number of carbonyl (C=O) groups excluding carboxylic acids is 1. The number of ether oxygens (including phenoxy) is 2. The van der Waals surface area contributed by atoms with E-state index in [-0.39, 0.29) is 17.2 Å². The average Bonchev–Trinajstić information content (AvgIpc) is 3.20. The number of carbonyl (C=O) groups is 1. The maximum absolute atomic E-state index is 12.9. The smallest absolute Gasteiger partial charge is 0.272 e. The van der Waals surface area contributed by atoms with Gasteiger partial charge in [-0.3, -0.25) is 14.2 Å². The van der Waals surface area contributed by atoms with Crippen LogP contribution in [0.25, 0.3) is 10.2 Å². The number of thioether (sulfide) groups is 1. The van der Waals surface area contributed by atoms with E-state index in [2.05, 4.69) is 24.1 Å². The molecule has 2 aromatic heterocycles. The Kier molecular flexibility index (Phi) is 7.38. The number of fused-ring (bicyclic) bond motifs is 1. The molecule has 0 radical (unpaired) electrons. The van der Waals surface area contributed by atoms with Crippen molar-refractivity contribution in [1.29, 1.82) is 0 Å². The average molecular weight is 448 g/mol. The number of aromatic nitrogens is 2. The second-order valence-corrected chi connectivity index (χ2v) is 8.97. The molecular weight excluding hydrogens is 422 g/mol. The summed E-state index contributed by atoms with van der Waals surface area (Å²) in [5.41, 5.74) is 1.21. The lowest BCUT2D eigenvalue weighted by Gasteiger charge is -2.13. The Morgan fingerprint density at radius 3 is 2.57 bits per heavy atom. The molecule has 7 nitrogen and oxygen atoms in total. The van der Waals surface area contributed by atoms with Crippen LogP contribution in [0.4, 0.5) is 5.69 Å². The molecule has 0 spiro atoms. The lowest BCUT2D eigenvalue weighted by Crippen LogP contribution is -2.24. The summed E-state index contributed by atoms with van der Waals surface area (Å²) in [5.74, 6) is 1.56. The van der Waals surface area contributed by atoms with Crippen LogP contribution in [0.1, 0.15) is 20.3 Å². The first-order valence-corrected chi connectivity index (χ1v) is 11.4. The highest BCUT2D eigenvalue weighted by Gasteiger charge is 2.15. The van der Waals surface area contributed by atoms with Gasteiger partial charge in [-0.25, -0.2) is 4.98 Å². The fraction of sp³-hybridized carbons (Fsp3) is 0.381. The van der Waals surface area contributed by atoms with Crippen LogP contribution < -0.4 is 20.3 Å². The number of nitrogens with one attached hydrogen (secondary N) is 1. The predicted octanol–water partition coefficient (Wildman–Crippen LogP) is 4.25. The van der Waals surface area contributed by atoms with Gasteiger partial charge in [0, 0.05) is 30.4 Å². The monoisotopic (exact) mass is 447 g/mol. The highest BCUT2D eigenvalue weighted by Crippen LogP contribution is 2.26. The molecule has 0 atom stereocenters. The molecule has 0 aliphatic rings. The first-order valence-electron chi connectivity index (χ1n) is 9.55. The molecule has 160 valence electrons. The van der Waals surface area contributed by atoms with Crippen molar-refractivity contribution in [2.75, 3.05) is 25.3 Å². The van der Waals surface area contributed by atoms with Crippen molar-refractivity contribution in [3.05, 3.63) is 40.0 Å². The van der Waals surface area contributed by atoms with Gasteiger partial charge in [-0.1, -0.05) is 25.6 Å². The maximum Gasteiger partial charge on any atom is 0.272 e. The third-order valence-corrected chi connectivity index (χ3v) is 6.30. The lowest BCUT2D eigenvalue weighted by atomic mass is 10.1. The normalized spacial score (nSPS) is 11.1. The van der Waals surface area contributed by atoms with E-state index in [4.69, 9.17) is 9.47 Å². The van der Waals surface area contributed by atoms with Crippen molar-refractivity contribution in [2.45, 2.75) is 32.0 Å². The summed E-state index contributed by atoms with van der Waals surface area (Å²) in [6.45, 7) is 4.81. The van der Waals surface area contributed by atoms with E-state index in [1.807, 2.05) is 11.4 Å². The van der Waals surface area contributed by atoms with Crippen LogP contribution in [0.15, 0.2) is 39.6 Å². The molecule has 3 aromatic rings. The van der Waals surface area contributed by atoms with E-state index >= 15 is 0 Å². The number of anilines is 1. The minimum atomic E-state index is -0.203. The summed E-state index contributed by atoms with van der Waals surface area (Å²) in [4.78, 5) is 30.0. The molecule has 2 heterocycles. The minimum Gasteiger partial charge on any atom is -0.497 e. The Morgan fingerprint density at radius 1 is 1.23 bits per heavy atom. The Balaban J connectivity index is 1.77. The van der Waals surface area contributed by atoms with Crippen molar-refractivity contribution in [3.8, 4) is 11.5 Å². The van der Waals surface area contributed by atoms with E-state index in [0.717, 1.165) is 6.42 Å². The van der Waals surface area contributed by atoms with Gasteiger partial charge in [-0.05, 0) is 23.8 Å². The first kappa shape index (κ1) is 22.2. The largest absolute Gasteiger partial charge is 0.497 e. The van der Waals surface area contributed by atoms with Gasteiger partial charge in [0.15, 0.2) is 5.16 Å². The summed E-state index contributed by atoms with van der Waals surface area (Å²) in [6.07, 6.45) is 0.863. The number of thiophene rings is 1. The Bertz CT molecular complexity index is 1070. The number of methoxy groups -OCH3 is 2. The number of nitrogens with zero attached hydrogens (tertiary/aromatic N) is 2. The van der Waals surface area contributed by atoms with Crippen molar-refractivity contribution in [3.63, 3.8) is 0 Å². The highest BCUT2D eigenvalue weighted by molar-refractivity contribution is 7.99. The molecule has 0 bridgehead atoms. The lowest BCUT2D eigenvalue weighted by molar-refractivity contribution is -0.113. The van der Waals surface area contributed by atoms with Crippen LogP contribution in [-0.2, 0) is 11.3 Å². The Hall–Kier alpha value is -2.52. The molecule has 1 amide bonds. The molecule has 1 aromatic carbocycles. The summed E-state index contributed by atoms with van der Waals surface area (Å²) >= 11 is 2.66. The van der Waals surface area contributed by atoms with E-state index in [1.165, 1.54) is 23.1 Å². The highest BCUT2D eigenvalue weighted by atomic mass is 32.2. The van der Waals surface area contributed by atoms with Crippen LogP contribution in [0.5, 0.6) is 11.5 Å².